The average Bonchev–Trinajstić information content (AvgIpc) is 3.49. The Morgan fingerprint density at radius 1 is 1.00 bits per heavy atom. The monoisotopic (exact) mass is 455 g/mol. The lowest BCUT2D eigenvalue weighted by Gasteiger charge is -2.32. The van der Waals surface area contributed by atoms with Crippen LogP contribution in [-0.2, 0) is 0 Å². The zero-order valence-corrected chi connectivity index (χ0v) is 19.3. The van der Waals surface area contributed by atoms with Crippen molar-refractivity contribution in [1.82, 2.24) is 25.1 Å². The number of aromatic nitrogens is 5. The molecule has 1 aliphatic rings. The predicted octanol–water partition coefficient (Wildman–Crippen LogP) is 6.69. The van der Waals surface area contributed by atoms with Gasteiger partial charge in [0.15, 0.2) is 5.82 Å². The van der Waals surface area contributed by atoms with E-state index >= 15 is 0 Å². The number of imidazole rings is 1. The van der Waals surface area contributed by atoms with Gasteiger partial charge in [0.25, 0.3) is 5.89 Å². The molecule has 0 radical (unpaired) electrons. The third-order valence-electron chi connectivity index (χ3n) is 7.36. The summed E-state index contributed by atoms with van der Waals surface area (Å²) in [5.74, 6) is 3.27. The van der Waals surface area contributed by atoms with Gasteiger partial charge < -0.3 is 9.51 Å². The maximum absolute atomic E-state index is 13.9. The molecule has 1 unspecified atom stereocenters. The zero-order valence-electron chi connectivity index (χ0n) is 19.3. The Labute approximate surface area is 196 Å². The number of hydrogen-bond donors (Lipinski definition) is 1. The maximum Gasteiger partial charge on any atom is 0.257 e. The molecule has 34 heavy (non-hydrogen) atoms. The third-order valence-corrected chi connectivity index (χ3v) is 7.36. The van der Waals surface area contributed by atoms with Gasteiger partial charge in [0, 0.05) is 23.1 Å². The molecule has 1 saturated carbocycles. The number of benzene rings is 2. The summed E-state index contributed by atoms with van der Waals surface area (Å²) in [5.41, 5.74) is 4.89. The number of halogens is 1. The van der Waals surface area contributed by atoms with E-state index in [1.807, 2.05) is 31.3 Å². The smallest absolute Gasteiger partial charge is 0.257 e. The number of rotatable bonds is 4. The second kappa shape index (κ2) is 8.31. The predicted molar refractivity (Wildman–Crippen MR) is 129 cm³/mol. The molecule has 7 heteroatoms. The number of pyridine rings is 1. The Kier molecular flexibility index (Phi) is 5.12. The molecule has 172 valence electrons. The van der Waals surface area contributed by atoms with E-state index in [0.717, 1.165) is 59.0 Å². The molecule has 1 atom stereocenters. The summed E-state index contributed by atoms with van der Waals surface area (Å²) in [6.45, 7) is 4.08. The molecule has 3 heterocycles. The van der Waals surface area contributed by atoms with Crippen LogP contribution < -0.4 is 0 Å². The van der Waals surface area contributed by atoms with Crippen LogP contribution >= 0.6 is 0 Å². The number of aromatic amines is 1. The van der Waals surface area contributed by atoms with Gasteiger partial charge in [-0.15, -0.1) is 0 Å². The summed E-state index contributed by atoms with van der Waals surface area (Å²) in [7, 11) is 0. The Balaban J connectivity index is 1.19. The number of H-pyrrole nitrogens is 1. The normalized spacial score (nSPS) is 19.6. The Morgan fingerprint density at radius 3 is 2.65 bits per heavy atom. The van der Waals surface area contributed by atoms with Crippen LogP contribution in [0.25, 0.3) is 33.4 Å². The molecule has 0 spiro atoms. The van der Waals surface area contributed by atoms with E-state index in [0.29, 0.717) is 29.5 Å². The van der Waals surface area contributed by atoms with E-state index in [9.17, 15) is 4.39 Å². The fraction of sp³-hybridized carbons (Fsp3) is 0.333. The molecule has 2 aromatic carbocycles. The molecule has 6 rings (SSSR count). The Bertz CT molecular complexity index is 1480. The lowest BCUT2D eigenvalue weighted by molar-refractivity contribution is 0.286. The van der Waals surface area contributed by atoms with Crippen molar-refractivity contribution >= 4 is 21.9 Å². The van der Waals surface area contributed by atoms with Gasteiger partial charge in [-0.3, -0.25) is 4.98 Å². The molecule has 0 saturated heterocycles. The van der Waals surface area contributed by atoms with Crippen molar-refractivity contribution in [3.63, 3.8) is 0 Å². The Hall–Kier alpha value is -3.61. The molecule has 6 nitrogen and oxygen atoms in total. The van der Waals surface area contributed by atoms with Crippen molar-refractivity contribution in [3.8, 4) is 11.5 Å². The molecule has 1 aliphatic carbocycles. The highest BCUT2D eigenvalue weighted by Crippen LogP contribution is 2.43. The van der Waals surface area contributed by atoms with Gasteiger partial charge in [0.1, 0.15) is 11.6 Å². The van der Waals surface area contributed by atoms with Gasteiger partial charge in [-0.2, -0.15) is 4.98 Å². The average molecular weight is 456 g/mol. The molecule has 1 fully saturated rings. The standard InChI is InChI=1S/C27H26FN5O/c1-15(26-31-24-9-7-19(13-25(24)32-26)27-30-16(2)33-34-27)17-3-5-18(6-4-17)21-11-12-29-23-10-8-20(28)14-22(21)23/h7-15,17-18H,3-6H2,1-2H3,(H,31,32)/t15?,17-,18+. The second-order valence-electron chi connectivity index (χ2n) is 9.46. The summed E-state index contributed by atoms with van der Waals surface area (Å²) in [6.07, 6.45) is 6.27. The summed E-state index contributed by atoms with van der Waals surface area (Å²) in [5, 5.41) is 4.83. The maximum atomic E-state index is 13.9. The highest BCUT2D eigenvalue weighted by atomic mass is 19.1. The zero-order chi connectivity index (χ0) is 23.2. The number of nitrogens with zero attached hydrogens (tertiary/aromatic N) is 4. The van der Waals surface area contributed by atoms with Crippen LogP contribution in [-0.4, -0.2) is 25.1 Å². The van der Waals surface area contributed by atoms with Gasteiger partial charge >= 0.3 is 0 Å². The van der Waals surface area contributed by atoms with E-state index < -0.39 is 0 Å². The van der Waals surface area contributed by atoms with Crippen molar-refractivity contribution < 1.29 is 8.91 Å². The molecule has 0 aliphatic heterocycles. The molecular formula is C27H26FN5O. The number of fused-ring (bicyclic) bond motifs is 2. The first kappa shape index (κ1) is 21.0. The first-order chi connectivity index (χ1) is 16.5. The highest BCUT2D eigenvalue weighted by Gasteiger charge is 2.29. The van der Waals surface area contributed by atoms with Crippen LogP contribution in [0.1, 0.15) is 61.7 Å². The van der Waals surface area contributed by atoms with Crippen LogP contribution in [0.2, 0.25) is 0 Å². The summed E-state index contributed by atoms with van der Waals surface area (Å²) in [4.78, 5) is 17.2. The van der Waals surface area contributed by atoms with Crippen LogP contribution in [0.5, 0.6) is 0 Å². The summed E-state index contributed by atoms with van der Waals surface area (Å²) < 4.78 is 19.2. The van der Waals surface area contributed by atoms with Crippen LogP contribution in [0.4, 0.5) is 4.39 Å². The minimum atomic E-state index is -0.202. The van der Waals surface area contributed by atoms with E-state index in [-0.39, 0.29) is 5.82 Å². The third kappa shape index (κ3) is 3.75. The van der Waals surface area contributed by atoms with Gasteiger partial charge in [-0.05, 0) is 92.5 Å². The minimum Gasteiger partial charge on any atom is -0.342 e. The topological polar surface area (TPSA) is 80.5 Å². The molecule has 0 bridgehead atoms. The van der Waals surface area contributed by atoms with E-state index in [1.165, 1.54) is 11.6 Å². The molecule has 1 N–H and O–H groups in total. The Morgan fingerprint density at radius 2 is 1.85 bits per heavy atom. The van der Waals surface area contributed by atoms with Crippen molar-refractivity contribution in [3.05, 3.63) is 71.7 Å². The van der Waals surface area contributed by atoms with Crippen LogP contribution in [0.15, 0.2) is 53.2 Å². The van der Waals surface area contributed by atoms with Crippen molar-refractivity contribution in [2.45, 2.75) is 51.4 Å². The fourth-order valence-corrected chi connectivity index (χ4v) is 5.44. The van der Waals surface area contributed by atoms with E-state index in [4.69, 9.17) is 9.51 Å². The first-order valence-electron chi connectivity index (χ1n) is 11.9. The molecular weight excluding hydrogens is 429 g/mol. The second-order valence-corrected chi connectivity index (χ2v) is 9.46. The molecule has 0 amide bonds. The van der Waals surface area contributed by atoms with Crippen molar-refractivity contribution in [2.75, 3.05) is 0 Å². The fourth-order valence-electron chi connectivity index (χ4n) is 5.44. The van der Waals surface area contributed by atoms with Crippen LogP contribution in [0.3, 0.4) is 0 Å². The van der Waals surface area contributed by atoms with Gasteiger partial charge in [0.05, 0.1) is 16.6 Å². The van der Waals surface area contributed by atoms with Gasteiger partial charge in [-0.25, -0.2) is 9.37 Å². The number of nitrogens with one attached hydrogen (secondary N) is 1. The quantitative estimate of drug-likeness (QED) is 0.327. The van der Waals surface area contributed by atoms with Gasteiger partial charge in [-0.1, -0.05) is 12.1 Å². The molecule has 5 aromatic rings. The lowest BCUT2D eigenvalue weighted by atomic mass is 9.73. The first-order valence-corrected chi connectivity index (χ1v) is 11.9. The minimum absolute atomic E-state index is 0.202. The van der Waals surface area contributed by atoms with Crippen molar-refractivity contribution in [2.24, 2.45) is 5.92 Å². The van der Waals surface area contributed by atoms with E-state index in [1.54, 1.807) is 12.1 Å². The van der Waals surface area contributed by atoms with Gasteiger partial charge in [0.2, 0.25) is 0 Å². The van der Waals surface area contributed by atoms with E-state index in [2.05, 4.69) is 33.1 Å². The summed E-state index contributed by atoms with van der Waals surface area (Å²) in [6, 6.07) is 13.0. The molecule has 3 aromatic heterocycles. The van der Waals surface area contributed by atoms with Crippen molar-refractivity contribution in [1.29, 1.82) is 0 Å². The largest absolute Gasteiger partial charge is 0.342 e. The number of aryl methyl sites for hydroxylation is 1. The van der Waals surface area contributed by atoms with Crippen LogP contribution in [0, 0.1) is 18.7 Å². The lowest BCUT2D eigenvalue weighted by Crippen LogP contribution is -2.19. The summed E-state index contributed by atoms with van der Waals surface area (Å²) >= 11 is 0. The number of hydrogen-bond acceptors (Lipinski definition) is 5. The SMILES string of the molecule is Cc1noc(-c2ccc3[nH]c(C(C)[C@H]4CC[C@@H](c5ccnc6ccc(F)cc65)CC4)nc3c2)n1. The highest BCUT2D eigenvalue weighted by molar-refractivity contribution is 5.82.